The summed E-state index contributed by atoms with van der Waals surface area (Å²) in [6.45, 7) is 14.6. The van der Waals surface area contributed by atoms with Crippen LogP contribution in [0.15, 0.2) is 12.8 Å². The van der Waals surface area contributed by atoms with Crippen LogP contribution in [0.3, 0.4) is 0 Å². The monoisotopic (exact) mass is 158 g/mol. The maximum atomic E-state index is 5.50. The van der Waals surface area contributed by atoms with Crippen LogP contribution in [-0.2, 0) is 4.43 Å². The van der Waals surface area contributed by atoms with Crippen molar-refractivity contribution in [2.75, 3.05) is 0 Å². The van der Waals surface area contributed by atoms with Crippen molar-refractivity contribution in [3.63, 3.8) is 0 Å². The Labute approximate surface area is 65.2 Å². The Morgan fingerprint density at radius 3 is 1.80 bits per heavy atom. The van der Waals surface area contributed by atoms with Crippen molar-refractivity contribution in [3.05, 3.63) is 12.8 Å². The molecule has 0 spiro atoms. The van der Waals surface area contributed by atoms with Crippen molar-refractivity contribution in [2.45, 2.75) is 38.9 Å². The van der Waals surface area contributed by atoms with Crippen LogP contribution in [0.2, 0.25) is 18.1 Å². The van der Waals surface area contributed by atoms with E-state index in [1.807, 2.05) is 0 Å². The first kappa shape index (κ1) is 9.76. The van der Waals surface area contributed by atoms with E-state index in [-0.39, 0.29) is 0 Å². The van der Waals surface area contributed by atoms with Gasteiger partial charge >= 0.3 is 0 Å². The van der Waals surface area contributed by atoms with Gasteiger partial charge in [0.05, 0.1) is 6.26 Å². The van der Waals surface area contributed by atoms with Crippen LogP contribution in [0, 0.1) is 0 Å². The topological polar surface area (TPSA) is 9.23 Å². The first-order valence-electron chi connectivity index (χ1n) is 3.60. The minimum Gasteiger partial charge on any atom is -0.550 e. The smallest absolute Gasteiger partial charge is 0.249 e. The second-order valence-electron chi connectivity index (χ2n) is 4.04. The lowest BCUT2D eigenvalue weighted by molar-refractivity contribution is 0.432. The standard InChI is InChI=1S/C8H18OSi/c1-7-9-10(5,6)8(2,3)4/h7H,1H2,2-6H3. The van der Waals surface area contributed by atoms with Crippen molar-refractivity contribution in [1.82, 2.24) is 0 Å². The summed E-state index contributed by atoms with van der Waals surface area (Å²) in [6, 6.07) is 0. The molecule has 0 aromatic carbocycles. The minimum absolute atomic E-state index is 0.293. The van der Waals surface area contributed by atoms with E-state index in [4.69, 9.17) is 4.43 Å². The summed E-state index contributed by atoms with van der Waals surface area (Å²) in [7, 11) is -1.52. The third kappa shape index (κ3) is 2.18. The summed E-state index contributed by atoms with van der Waals surface area (Å²) in [5.74, 6) is 0. The highest BCUT2D eigenvalue weighted by molar-refractivity contribution is 6.74. The van der Waals surface area contributed by atoms with Gasteiger partial charge in [0.2, 0.25) is 8.32 Å². The number of hydrogen-bond acceptors (Lipinski definition) is 1. The molecule has 2 heteroatoms. The summed E-state index contributed by atoms with van der Waals surface area (Å²) in [5.41, 5.74) is 0. The van der Waals surface area contributed by atoms with E-state index < -0.39 is 8.32 Å². The van der Waals surface area contributed by atoms with Gasteiger partial charge in [-0.05, 0) is 18.1 Å². The zero-order valence-electron chi connectivity index (χ0n) is 7.69. The fourth-order valence-electron chi connectivity index (χ4n) is 0.385. The van der Waals surface area contributed by atoms with Gasteiger partial charge in [0, 0.05) is 0 Å². The molecular formula is C8H18OSi. The van der Waals surface area contributed by atoms with Gasteiger partial charge in [-0.1, -0.05) is 27.4 Å². The van der Waals surface area contributed by atoms with Crippen LogP contribution < -0.4 is 0 Å². The predicted molar refractivity (Wildman–Crippen MR) is 48.5 cm³/mol. The summed E-state index contributed by atoms with van der Waals surface area (Å²) in [5, 5.41) is 0.293. The Hall–Kier alpha value is -0.243. The molecular weight excluding hydrogens is 140 g/mol. The largest absolute Gasteiger partial charge is 0.550 e. The number of rotatable bonds is 2. The fourth-order valence-corrected chi connectivity index (χ4v) is 1.16. The molecule has 10 heavy (non-hydrogen) atoms. The highest BCUT2D eigenvalue weighted by Crippen LogP contribution is 2.36. The lowest BCUT2D eigenvalue weighted by Gasteiger charge is -2.34. The first-order valence-corrected chi connectivity index (χ1v) is 6.51. The SMILES string of the molecule is C=CO[Si](C)(C)C(C)(C)C. The third-order valence-electron chi connectivity index (χ3n) is 2.18. The Morgan fingerprint density at radius 2 is 1.70 bits per heavy atom. The zero-order chi connectivity index (χ0) is 8.41. The average molecular weight is 158 g/mol. The molecule has 0 aliphatic rings. The second-order valence-corrected chi connectivity index (χ2v) is 8.80. The van der Waals surface area contributed by atoms with Gasteiger partial charge < -0.3 is 4.43 Å². The van der Waals surface area contributed by atoms with Crippen LogP contribution in [-0.4, -0.2) is 8.32 Å². The zero-order valence-corrected chi connectivity index (χ0v) is 8.69. The molecule has 0 radical (unpaired) electrons. The molecule has 60 valence electrons. The Kier molecular flexibility index (Phi) is 2.72. The Bertz CT molecular complexity index is 122. The molecule has 0 fully saturated rings. The van der Waals surface area contributed by atoms with Gasteiger partial charge in [0.25, 0.3) is 0 Å². The molecule has 0 aromatic rings. The molecule has 1 nitrogen and oxygen atoms in total. The molecule has 0 bridgehead atoms. The van der Waals surface area contributed by atoms with Crippen molar-refractivity contribution in [2.24, 2.45) is 0 Å². The van der Waals surface area contributed by atoms with Crippen LogP contribution in [0.1, 0.15) is 20.8 Å². The molecule has 0 amide bonds. The van der Waals surface area contributed by atoms with Gasteiger partial charge in [0.1, 0.15) is 0 Å². The maximum absolute atomic E-state index is 5.50. The molecule has 0 saturated carbocycles. The lowest BCUT2D eigenvalue weighted by Crippen LogP contribution is -2.38. The van der Waals surface area contributed by atoms with E-state index in [1.165, 1.54) is 0 Å². The van der Waals surface area contributed by atoms with Crippen LogP contribution >= 0.6 is 0 Å². The predicted octanol–water partition coefficient (Wildman–Crippen LogP) is 3.15. The Morgan fingerprint density at radius 1 is 1.30 bits per heavy atom. The minimum atomic E-state index is -1.52. The van der Waals surface area contributed by atoms with Gasteiger partial charge in [-0.2, -0.15) is 0 Å². The van der Waals surface area contributed by atoms with E-state index in [2.05, 4.69) is 40.4 Å². The second kappa shape index (κ2) is 2.78. The first-order chi connectivity index (χ1) is 4.31. The average Bonchev–Trinajstić information content (AvgIpc) is 1.61. The molecule has 0 aromatic heterocycles. The van der Waals surface area contributed by atoms with E-state index in [0.29, 0.717) is 5.04 Å². The molecule has 0 heterocycles. The number of hydrogen-bond donors (Lipinski definition) is 0. The highest BCUT2D eigenvalue weighted by atomic mass is 28.4. The van der Waals surface area contributed by atoms with Crippen molar-refractivity contribution in [3.8, 4) is 0 Å². The van der Waals surface area contributed by atoms with Crippen LogP contribution in [0.5, 0.6) is 0 Å². The molecule has 0 saturated heterocycles. The summed E-state index contributed by atoms with van der Waals surface area (Å²) in [4.78, 5) is 0. The van der Waals surface area contributed by atoms with Crippen LogP contribution in [0.4, 0.5) is 0 Å². The van der Waals surface area contributed by atoms with Gasteiger partial charge in [-0.25, -0.2) is 0 Å². The normalized spacial score (nSPS) is 12.9. The maximum Gasteiger partial charge on any atom is 0.249 e. The third-order valence-corrected chi connectivity index (χ3v) is 6.55. The molecule has 0 rings (SSSR count). The summed E-state index contributed by atoms with van der Waals surface area (Å²) < 4.78 is 5.50. The van der Waals surface area contributed by atoms with E-state index in [1.54, 1.807) is 6.26 Å². The molecule has 0 aliphatic heterocycles. The van der Waals surface area contributed by atoms with Gasteiger partial charge in [-0.15, -0.1) is 0 Å². The summed E-state index contributed by atoms with van der Waals surface area (Å²) in [6.07, 6.45) is 1.57. The molecule has 0 unspecified atom stereocenters. The van der Waals surface area contributed by atoms with E-state index in [0.717, 1.165) is 0 Å². The molecule has 0 atom stereocenters. The van der Waals surface area contributed by atoms with Crippen molar-refractivity contribution >= 4 is 8.32 Å². The van der Waals surface area contributed by atoms with Crippen LogP contribution in [0.25, 0.3) is 0 Å². The Balaban J connectivity index is 4.23. The fraction of sp³-hybridized carbons (Fsp3) is 0.750. The molecule has 0 aliphatic carbocycles. The van der Waals surface area contributed by atoms with E-state index >= 15 is 0 Å². The van der Waals surface area contributed by atoms with Gasteiger partial charge in [0.15, 0.2) is 0 Å². The van der Waals surface area contributed by atoms with Gasteiger partial charge in [-0.3, -0.25) is 0 Å². The quantitative estimate of drug-likeness (QED) is 0.443. The van der Waals surface area contributed by atoms with E-state index in [9.17, 15) is 0 Å². The van der Waals surface area contributed by atoms with Crippen molar-refractivity contribution < 1.29 is 4.43 Å². The lowest BCUT2D eigenvalue weighted by atomic mass is 10.2. The van der Waals surface area contributed by atoms with Crippen molar-refractivity contribution in [1.29, 1.82) is 0 Å². The summed E-state index contributed by atoms with van der Waals surface area (Å²) >= 11 is 0. The molecule has 0 N–H and O–H groups in total. The highest BCUT2D eigenvalue weighted by Gasteiger charge is 2.37.